The SMILES string of the molecule is COCCn1ccc(C(=O)N2CCN(c3ccccc3)CC2)n1. The predicted octanol–water partition coefficient (Wildman–Crippen LogP) is 1.49. The molecule has 0 spiro atoms. The minimum absolute atomic E-state index is 0.00822. The summed E-state index contributed by atoms with van der Waals surface area (Å²) < 4.78 is 6.77. The van der Waals surface area contributed by atoms with Crippen molar-refractivity contribution in [1.29, 1.82) is 0 Å². The average Bonchev–Trinajstić information content (AvgIpc) is 3.09. The van der Waals surface area contributed by atoms with E-state index in [0.29, 0.717) is 18.8 Å². The molecule has 1 aliphatic heterocycles. The zero-order valence-corrected chi connectivity index (χ0v) is 13.4. The van der Waals surface area contributed by atoms with Gasteiger partial charge in [-0.3, -0.25) is 9.48 Å². The molecule has 2 heterocycles. The van der Waals surface area contributed by atoms with Crippen molar-refractivity contribution in [3.8, 4) is 0 Å². The first-order valence-electron chi connectivity index (χ1n) is 7.89. The molecule has 0 radical (unpaired) electrons. The smallest absolute Gasteiger partial charge is 0.274 e. The molecule has 6 heteroatoms. The summed E-state index contributed by atoms with van der Waals surface area (Å²) in [4.78, 5) is 16.7. The Kier molecular flexibility index (Phi) is 4.92. The number of benzene rings is 1. The zero-order chi connectivity index (χ0) is 16.1. The van der Waals surface area contributed by atoms with E-state index in [4.69, 9.17) is 4.74 Å². The van der Waals surface area contributed by atoms with Crippen LogP contribution in [-0.2, 0) is 11.3 Å². The van der Waals surface area contributed by atoms with Crippen LogP contribution in [0.25, 0.3) is 0 Å². The van der Waals surface area contributed by atoms with E-state index in [0.717, 1.165) is 26.2 Å². The molecule has 6 nitrogen and oxygen atoms in total. The van der Waals surface area contributed by atoms with Crippen LogP contribution in [0.2, 0.25) is 0 Å². The highest BCUT2D eigenvalue weighted by molar-refractivity contribution is 5.92. The Balaban J connectivity index is 1.57. The van der Waals surface area contributed by atoms with Gasteiger partial charge in [-0.15, -0.1) is 0 Å². The van der Waals surface area contributed by atoms with Gasteiger partial charge in [0.15, 0.2) is 0 Å². The van der Waals surface area contributed by atoms with Crippen molar-refractivity contribution in [2.24, 2.45) is 0 Å². The van der Waals surface area contributed by atoms with Gasteiger partial charge in [-0.05, 0) is 18.2 Å². The van der Waals surface area contributed by atoms with Gasteiger partial charge in [0.25, 0.3) is 5.91 Å². The standard InChI is InChI=1S/C17H22N4O2/c1-23-14-13-21-8-7-16(18-21)17(22)20-11-9-19(10-12-20)15-5-3-2-4-6-15/h2-8H,9-14H2,1H3. The van der Waals surface area contributed by atoms with Crippen LogP contribution in [0.15, 0.2) is 42.6 Å². The molecule has 1 aromatic heterocycles. The number of aromatic nitrogens is 2. The van der Waals surface area contributed by atoms with E-state index in [1.54, 1.807) is 17.9 Å². The van der Waals surface area contributed by atoms with Crippen LogP contribution < -0.4 is 4.90 Å². The number of carbonyl (C=O) groups is 1. The first-order chi connectivity index (χ1) is 11.3. The van der Waals surface area contributed by atoms with Gasteiger partial charge in [0.05, 0.1) is 13.2 Å². The molecular weight excluding hydrogens is 292 g/mol. The summed E-state index contributed by atoms with van der Waals surface area (Å²) >= 11 is 0. The van der Waals surface area contributed by atoms with E-state index >= 15 is 0 Å². The van der Waals surface area contributed by atoms with Gasteiger partial charge in [0.2, 0.25) is 0 Å². The van der Waals surface area contributed by atoms with Gasteiger partial charge in [-0.25, -0.2) is 0 Å². The number of piperazine rings is 1. The summed E-state index contributed by atoms with van der Waals surface area (Å²) in [5.74, 6) is 0.00822. The molecule has 0 N–H and O–H groups in total. The maximum Gasteiger partial charge on any atom is 0.274 e. The number of para-hydroxylation sites is 1. The Bertz CT molecular complexity index is 633. The molecule has 0 aliphatic carbocycles. The van der Waals surface area contributed by atoms with Gasteiger partial charge in [-0.1, -0.05) is 18.2 Å². The summed E-state index contributed by atoms with van der Waals surface area (Å²) in [6.45, 7) is 4.38. The largest absolute Gasteiger partial charge is 0.383 e. The van der Waals surface area contributed by atoms with Crippen molar-refractivity contribution >= 4 is 11.6 Å². The minimum Gasteiger partial charge on any atom is -0.383 e. The second kappa shape index (κ2) is 7.28. The molecule has 2 aromatic rings. The van der Waals surface area contributed by atoms with Crippen LogP contribution in [0.3, 0.4) is 0 Å². The number of anilines is 1. The molecule has 1 saturated heterocycles. The average molecular weight is 314 g/mol. The molecule has 0 atom stereocenters. The number of nitrogens with zero attached hydrogens (tertiary/aromatic N) is 4. The number of hydrogen-bond donors (Lipinski definition) is 0. The molecule has 23 heavy (non-hydrogen) atoms. The van der Waals surface area contributed by atoms with Crippen molar-refractivity contribution in [3.05, 3.63) is 48.3 Å². The second-order valence-electron chi connectivity index (χ2n) is 5.57. The van der Waals surface area contributed by atoms with Crippen LogP contribution in [-0.4, -0.2) is 60.5 Å². The number of hydrogen-bond acceptors (Lipinski definition) is 4. The van der Waals surface area contributed by atoms with Crippen molar-refractivity contribution < 1.29 is 9.53 Å². The Morgan fingerprint density at radius 1 is 1.13 bits per heavy atom. The number of amides is 1. The molecule has 1 aliphatic rings. The lowest BCUT2D eigenvalue weighted by Gasteiger charge is -2.35. The van der Waals surface area contributed by atoms with E-state index in [1.807, 2.05) is 29.3 Å². The van der Waals surface area contributed by atoms with Crippen LogP contribution >= 0.6 is 0 Å². The van der Waals surface area contributed by atoms with Gasteiger partial charge >= 0.3 is 0 Å². The fraction of sp³-hybridized carbons (Fsp3) is 0.412. The molecule has 1 aromatic carbocycles. The third-order valence-electron chi connectivity index (χ3n) is 4.07. The van der Waals surface area contributed by atoms with Crippen LogP contribution in [0.1, 0.15) is 10.5 Å². The first kappa shape index (κ1) is 15.6. The van der Waals surface area contributed by atoms with Crippen molar-refractivity contribution in [2.75, 3.05) is 44.8 Å². The fourth-order valence-electron chi connectivity index (χ4n) is 2.75. The Morgan fingerprint density at radius 2 is 1.87 bits per heavy atom. The number of ether oxygens (including phenoxy) is 1. The quantitative estimate of drug-likeness (QED) is 0.839. The van der Waals surface area contributed by atoms with Gasteiger partial charge in [-0.2, -0.15) is 5.10 Å². The second-order valence-corrected chi connectivity index (χ2v) is 5.57. The molecule has 122 valence electrons. The third kappa shape index (κ3) is 3.71. The lowest BCUT2D eigenvalue weighted by molar-refractivity contribution is 0.0739. The predicted molar refractivity (Wildman–Crippen MR) is 88.7 cm³/mol. The highest BCUT2D eigenvalue weighted by Gasteiger charge is 2.23. The number of rotatable bonds is 5. The van der Waals surface area contributed by atoms with Crippen LogP contribution in [0.5, 0.6) is 0 Å². The van der Waals surface area contributed by atoms with Gasteiger partial charge in [0, 0.05) is 45.2 Å². The van der Waals surface area contributed by atoms with Crippen molar-refractivity contribution in [3.63, 3.8) is 0 Å². The van der Waals surface area contributed by atoms with Gasteiger partial charge < -0.3 is 14.5 Å². The Hall–Kier alpha value is -2.34. The van der Waals surface area contributed by atoms with Crippen LogP contribution in [0.4, 0.5) is 5.69 Å². The molecule has 1 amide bonds. The Labute approximate surface area is 136 Å². The third-order valence-corrected chi connectivity index (χ3v) is 4.07. The molecule has 0 saturated carbocycles. The maximum atomic E-state index is 12.5. The first-order valence-corrected chi connectivity index (χ1v) is 7.89. The van der Waals surface area contributed by atoms with E-state index in [2.05, 4.69) is 22.1 Å². The maximum absolute atomic E-state index is 12.5. The molecule has 1 fully saturated rings. The highest BCUT2D eigenvalue weighted by Crippen LogP contribution is 2.16. The fourth-order valence-corrected chi connectivity index (χ4v) is 2.75. The topological polar surface area (TPSA) is 50.6 Å². The molecule has 0 unspecified atom stereocenters. The molecule has 0 bridgehead atoms. The summed E-state index contributed by atoms with van der Waals surface area (Å²) in [5, 5.41) is 4.33. The van der Waals surface area contributed by atoms with E-state index < -0.39 is 0 Å². The summed E-state index contributed by atoms with van der Waals surface area (Å²) in [6, 6.07) is 12.1. The lowest BCUT2D eigenvalue weighted by atomic mass is 10.2. The summed E-state index contributed by atoms with van der Waals surface area (Å²) in [6.07, 6.45) is 1.83. The van der Waals surface area contributed by atoms with Crippen molar-refractivity contribution in [2.45, 2.75) is 6.54 Å². The van der Waals surface area contributed by atoms with Crippen molar-refractivity contribution in [1.82, 2.24) is 14.7 Å². The normalized spacial score (nSPS) is 15.0. The van der Waals surface area contributed by atoms with E-state index in [9.17, 15) is 4.79 Å². The Morgan fingerprint density at radius 3 is 2.57 bits per heavy atom. The number of carbonyl (C=O) groups excluding carboxylic acids is 1. The van der Waals surface area contributed by atoms with E-state index in [1.165, 1.54) is 5.69 Å². The van der Waals surface area contributed by atoms with E-state index in [-0.39, 0.29) is 5.91 Å². The summed E-state index contributed by atoms with van der Waals surface area (Å²) in [7, 11) is 1.65. The zero-order valence-electron chi connectivity index (χ0n) is 13.4. The minimum atomic E-state index is 0.00822. The molecular formula is C17H22N4O2. The summed E-state index contributed by atoms with van der Waals surface area (Å²) in [5.41, 5.74) is 1.72. The highest BCUT2D eigenvalue weighted by atomic mass is 16.5. The number of methoxy groups -OCH3 is 1. The lowest BCUT2D eigenvalue weighted by Crippen LogP contribution is -2.48. The monoisotopic (exact) mass is 314 g/mol. The van der Waals surface area contributed by atoms with Crippen LogP contribution in [0, 0.1) is 0 Å². The van der Waals surface area contributed by atoms with Gasteiger partial charge in [0.1, 0.15) is 5.69 Å². The molecule has 3 rings (SSSR count).